The van der Waals surface area contributed by atoms with Crippen LogP contribution in [-0.2, 0) is 22.4 Å². The maximum atomic E-state index is 13.4. The molecule has 0 aliphatic heterocycles. The lowest BCUT2D eigenvalue weighted by molar-refractivity contribution is -0.127. The zero-order valence-electron chi connectivity index (χ0n) is 17.5. The fraction of sp³-hybridized carbons (Fsp3) is 0.154. The number of aryl methyl sites for hydroxylation is 1. The molecule has 4 rings (SSSR count). The minimum Gasteiger partial charge on any atom is -0.368 e. The maximum Gasteiger partial charge on any atom is 0.240 e. The third kappa shape index (κ3) is 4.86. The summed E-state index contributed by atoms with van der Waals surface area (Å²) in [4.78, 5) is 28.0. The predicted molar refractivity (Wildman–Crippen MR) is 123 cm³/mol. The molecule has 0 saturated heterocycles. The Morgan fingerprint density at radius 2 is 1.62 bits per heavy atom. The van der Waals surface area contributed by atoms with E-state index >= 15 is 0 Å². The molecule has 0 aliphatic rings. The smallest absolute Gasteiger partial charge is 0.240 e. The monoisotopic (exact) mass is 429 g/mol. The Morgan fingerprint density at radius 1 is 0.938 bits per heavy atom. The zero-order valence-corrected chi connectivity index (χ0v) is 17.5. The summed E-state index contributed by atoms with van der Waals surface area (Å²) in [6, 6.07) is 22.8. The van der Waals surface area contributed by atoms with Gasteiger partial charge in [-0.05, 0) is 53.4 Å². The van der Waals surface area contributed by atoms with Crippen molar-refractivity contribution in [2.75, 3.05) is 0 Å². The van der Waals surface area contributed by atoms with Crippen LogP contribution < -0.4 is 11.1 Å². The molecule has 1 unspecified atom stereocenters. The minimum atomic E-state index is -0.774. The number of carbonyl (C=O) groups excluding carboxylic acids is 2. The van der Waals surface area contributed by atoms with Gasteiger partial charge in [0.05, 0.1) is 0 Å². The summed E-state index contributed by atoms with van der Waals surface area (Å²) in [6.07, 6.45) is 0.990. The highest BCUT2D eigenvalue weighted by Crippen LogP contribution is 2.31. The van der Waals surface area contributed by atoms with Crippen LogP contribution in [0.3, 0.4) is 0 Å². The number of halogens is 1. The Labute approximate surface area is 185 Å². The fourth-order valence-corrected chi connectivity index (χ4v) is 3.90. The van der Waals surface area contributed by atoms with Crippen LogP contribution in [0.1, 0.15) is 17.5 Å². The third-order valence-corrected chi connectivity index (χ3v) is 5.51. The highest BCUT2D eigenvalue weighted by Gasteiger charge is 2.20. The molecule has 4 N–H and O–H groups in total. The lowest BCUT2D eigenvalue weighted by Gasteiger charge is -2.16. The normalized spacial score (nSPS) is 11.9. The molecule has 0 aliphatic carbocycles. The summed E-state index contributed by atoms with van der Waals surface area (Å²) in [5.41, 5.74) is 10.1. The number of hydrogen-bond acceptors (Lipinski definition) is 2. The summed E-state index contributed by atoms with van der Waals surface area (Å²) in [7, 11) is 0. The van der Waals surface area contributed by atoms with Crippen LogP contribution in [0.15, 0.2) is 78.9 Å². The number of H-pyrrole nitrogens is 1. The van der Waals surface area contributed by atoms with Gasteiger partial charge in [0.25, 0.3) is 0 Å². The molecule has 0 radical (unpaired) electrons. The van der Waals surface area contributed by atoms with Crippen LogP contribution in [0.5, 0.6) is 0 Å². The quantitative estimate of drug-likeness (QED) is 0.393. The second kappa shape index (κ2) is 9.47. The highest BCUT2D eigenvalue weighted by molar-refractivity contribution is 5.92. The standard InChI is InChI=1S/C26H24FN3O2/c27-19-12-10-18(11-13-19)25-21(20-8-4-5-9-22(20)30-25)14-15-24(31)29-23(26(28)32)16-17-6-2-1-3-7-17/h1-13,23,30H,14-16H2,(H2,28,32)(H,29,31). The summed E-state index contributed by atoms with van der Waals surface area (Å²) in [5, 5.41) is 3.78. The fourth-order valence-electron chi connectivity index (χ4n) is 3.90. The second-order valence-electron chi connectivity index (χ2n) is 7.74. The molecule has 1 aromatic heterocycles. The van der Waals surface area contributed by atoms with Crippen molar-refractivity contribution < 1.29 is 14.0 Å². The first-order valence-electron chi connectivity index (χ1n) is 10.5. The molecule has 4 aromatic rings. The van der Waals surface area contributed by atoms with Crippen LogP contribution in [-0.4, -0.2) is 22.8 Å². The number of nitrogens with one attached hydrogen (secondary N) is 2. The zero-order chi connectivity index (χ0) is 22.5. The molecule has 6 heteroatoms. The van der Waals surface area contributed by atoms with E-state index in [4.69, 9.17) is 5.73 Å². The van der Waals surface area contributed by atoms with Crippen molar-refractivity contribution >= 4 is 22.7 Å². The van der Waals surface area contributed by atoms with Gasteiger partial charge in [-0.2, -0.15) is 0 Å². The lowest BCUT2D eigenvalue weighted by Crippen LogP contribution is -2.45. The second-order valence-corrected chi connectivity index (χ2v) is 7.74. The van der Waals surface area contributed by atoms with Gasteiger partial charge in [0.15, 0.2) is 0 Å². The van der Waals surface area contributed by atoms with Gasteiger partial charge in [-0.25, -0.2) is 4.39 Å². The number of fused-ring (bicyclic) bond motifs is 1. The van der Waals surface area contributed by atoms with Crippen molar-refractivity contribution in [3.8, 4) is 11.3 Å². The van der Waals surface area contributed by atoms with Crippen LogP contribution in [0.2, 0.25) is 0 Å². The van der Waals surface area contributed by atoms with Crippen LogP contribution >= 0.6 is 0 Å². The number of aromatic amines is 1. The van der Waals surface area contributed by atoms with Crippen molar-refractivity contribution in [1.82, 2.24) is 10.3 Å². The Bertz CT molecular complexity index is 1230. The number of carbonyl (C=O) groups is 2. The first-order valence-corrected chi connectivity index (χ1v) is 10.5. The summed E-state index contributed by atoms with van der Waals surface area (Å²) < 4.78 is 13.4. The molecule has 3 aromatic carbocycles. The average molecular weight is 429 g/mol. The molecule has 0 fully saturated rings. The summed E-state index contributed by atoms with van der Waals surface area (Å²) >= 11 is 0. The van der Waals surface area contributed by atoms with Gasteiger partial charge in [0.2, 0.25) is 11.8 Å². The van der Waals surface area contributed by atoms with Crippen molar-refractivity contribution in [2.45, 2.75) is 25.3 Å². The third-order valence-electron chi connectivity index (χ3n) is 5.51. The maximum absolute atomic E-state index is 13.4. The van der Waals surface area contributed by atoms with Gasteiger partial charge in [0.1, 0.15) is 11.9 Å². The van der Waals surface area contributed by atoms with E-state index in [0.717, 1.165) is 33.3 Å². The molecule has 2 amide bonds. The van der Waals surface area contributed by atoms with E-state index in [0.29, 0.717) is 12.8 Å². The number of rotatable bonds is 8. The molecular weight excluding hydrogens is 405 g/mol. The Morgan fingerprint density at radius 3 is 2.34 bits per heavy atom. The summed E-state index contributed by atoms with van der Waals surface area (Å²) in [5.74, 6) is -1.12. The summed E-state index contributed by atoms with van der Waals surface area (Å²) in [6.45, 7) is 0. The van der Waals surface area contributed by atoms with Gasteiger partial charge in [0, 0.05) is 29.4 Å². The lowest BCUT2D eigenvalue weighted by atomic mass is 10.0. The minimum absolute atomic E-state index is 0.189. The molecule has 162 valence electrons. The number of hydrogen-bond donors (Lipinski definition) is 3. The Kier molecular flexibility index (Phi) is 6.31. The molecule has 1 heterocycles. The van der Waals surface area contributed by atoms with Crippen molar-refractivity contribution in [3.05, 3.63) is 95.8 Å². The van der Waals surface area contributed by atoms with Gasteiger partial charge in [-0.3, -0.25) is 9.59 Å². The molecule has 5 nitrogen and oxygen atoms in total. The first kappa shape index (κ1) is 21.3. The molecule has 0 saturated carbocycles. The molecule has 32 heavy (non-hydrogen) atoms. The van der Waals surface area contributed by atoms with Crippen LogP contribution in [0.25, 0.3) is 22.2 Å². The van der Waals surface area contributed by atoms with Crippen molar-refractivity contribution in [1.29, 1.82) is 0 Å². The molecule has 1 atom stereocenters. The van der Waals surface area contributed by atoms with E-state index in [2.05, 4.69) is 10.3 Å². The van der Waals surface area contributed by atoms with Crippen LogP contribution in [0.4, 0.5) is 4.39 Å². The largest absolute Gasteiger partial charge is 0.368 e. The van der Waals surface area contributed by atoms with Gasteiger partial charge >= 0.3 is 0 Å². The highest BCUT2D eigenvalue weighted by atomic mass is 19.1. The van der Waals surface area contributed by atoms with Gasteiger partial charge in [-0.1, -0.05) is 48.5 Å². The number of primary amides is 1. The van der Waals surface area contributed by atoms with E-state index in [1.54, 1.807) is 12.1 Å². The average Bonchev–Trinajstić information content (AvgIpc) is 3.17. The molecular formula is C26H24FN3O2. The predicted octanol–water partition coefficient (Wildman–Crippen LogP) is 4.12. The van der Waals surface area contributed by atoms with Crippen LogP contribution in [0, 0.1) is 5.82 Å². The number of benzene rings is 3. The Balaban J connectivity index is 1.52. The van der Waals surface area contributed by atoms with E-state index in [9.17, 15) is 14.0 Å². The number of para-hydroxylation sites is 1. The van der Waals surface area contributed by atoms with E-state index in [-0.39, 0.29) is 18.1 Å². The molecule has 0 spiro atoms. The van der Waals surface area contributed by atoms with Crippen molar-refractivity contribution in [3.63, 3.8) is 0 Å². The number of aromatic nitrogens is 1. The first-order chi connectivity index (χ1) is 15.5. The number of nitrogens with two attached hydrogens (primary N) is 1. The van der Waals surface area contributed by atoms with E-state index < -0.39 is 11.9 Å². The Hall–Kier alpha value is -3.93. The molecule has 0 bridgehead atoms. The van der Waals surface area contributed by atoms with Gasteiger partial charge < -0.3 is 16.0 Å². The number of amides is 2. The van der Waals surface area contributed by atoms with E-state index in [1.807, 2.05) is 54.6 Å². The SMILES string of the molecule is NC(=O)C(Cc1ccccc1)NC(=O)CCc1c(-c2ccc(F)cc2)[nH]c2ccccc12. The van der Waals surface area contributed by atoms with E-state index in [1.165, 1.54) is 12.1 Å². The van der Waals surface area contributed by atoms with Crippen molar-refractivity contribution in [2.24, 2.45) is 5.73 Å². The topological polar surface area (TPSA) is 88.0 Å². The van der Waals surface area contributed by atoms with Gasteiger partial charge in [-0.15, -0.1) is 0 Å².